The van der Waals surface area contributed by atoms with E-state index < -0.39 is 0 Å². The van der Waals surface area contributed by atoms with E-state index in [4.69, 9.17) is 4.74 Å². The van der Waals surface area contributed by atoms with Crippen LogP contribution in [-0.4, -0.2) is 12.9 Å². The molecule has 0 N–H and O–H groups in total. The molecular formula is C5H7O2. The summed E-state index contributed by atoms with van der Waals surface area (Å²) in [6.07, 6.45) is 1.77. The molecule has 0 aliphatic carbocycles. The number of aldehydes is 1. The highest BCUT2D eigenvalue weighted by molar-refractivity contribution is 5.55. The topological polar surface area (TPSA) is 26.3 Å². The van der Waals surface area contributed by atoms with E-state index in [1.54, 1.807) is 6.61 Å². The molecule has 1 atom stereocenters. The van der Waals surface area contributed by atoms with E-state index in [1.807, 2.05) is 0 Å². The van der Waals surface area contributed by atoms with Gasteiger partial charge in [-0.05, 0) is 6.42 Å². The first kappa shape index (κ1) is 4.78. The summed E-state index contributed by atoms with van der Waals surface area (Å²) < 4.78 is 4.79. The van der Waals surface area contributed by atoms with E-state index >= 15 is 0 Å². The molecule has 2 heteroatoms. The molecular weight excluding hydrogens is 92.1 g/mol. The lowest BCUT2D eigenvalue weighted by Crippen LogP contribution is -1.92. The van der Waals surface area contributed by atoms with Gasteiger partial charge in [-0.15, -0.1) is 0 Å². The smallest absolute Gasteiger partial charge is 0.125 e. The molecule has 0 saturated carbocycles. The number of carbonyl (C=O) groups excluding carboxylic acids is 1. The predicted molar refractivity (Wildman–Crippen MR) is 24.4 cm³/mol. The molecule has 1 radical (unpaired) electrons. The highest BCUT2D eigenvalue weighted by Crippen LogP contribution is 2.12. The molecule has 0 amide bonds. The van der Waals surface area contributed by atoms with Crippen molar-refractivity contribution >= 4 is 6.29 Å². The van der Waals surface area contributed by atoms with Gasteiger partial charge in [0.15, 0.2) is 0 Å². The molecule has 1 aliphatic heterocycles. The summed E-state index contributed by atoms with van der Waals surface area (Å²) in [5.74, 6) is 0.0694. The maximum atomic E-state index is 9.90. The molecule has 1 unspecified atom stereocenters. The molecule has 0 aromatic rings. The quantitative estimate of drug-likeness (QED) is 0.444. The Labute approximate surface area is 42.5 Å². The van der Waals surface area contributed by atoms with Crippen LogP contribution in [0.1, 0.15) is 6.42 Å². The Morgan fingerprint density at radius 2 is 2.71 bits per heavy atom. The summed E-state index contributed by atoms with van der Waals surface area (Å²) in [6.45, 7) is 2.30. The van der Waals surface area contributed by atoms with Crippen LogP contribution in [0.4, 0.5) is 0 Å². The van der Waals surface area contributed by atoms with Gasteiger partial charge in [-0.2, -0.15) is 0 Å². The second kappa shape index (κ2) is 2.07. The Hall–Kier alpha value is -0.370. The minimum atomic E-state index is 0.0694. The van der Waals surface area contributed by atoms with Crippen molar-refractivity contribution in [3.05, 3.63) is 6.61 Å². The first-order valence-corrected chi connectivity index (χ1v) is 2.33. The number of rotatable bonds is 1. The fourth-order valence-electron chi connectivity index (χ4n) is 0.564. The molecule has 0 spiro atoms. The van der Waals surface area contributed by atoms with Crippen LogP contribution in [0.3, 0.4) is 0 Å². The zero-order valence-corrected chi connectivity index (χ0v) is 3.96. The molecule has 1 fully saturated rings. The van der Waals surface area contributed by atoms with Gasteiger partial charge in [0, 0.05) is 12.5 Å². The van der Waals surface area contributed by atoms with Gasteiger partial charge in [0.25, 0.3) is 0 Å². The third kappa shape index (κ3) is 0.996. The first-order chi connectivity index (χ1) is 3.43. The molecule has 7 heavy (non-hydrogen) atoms. The summed E-state index contributed by atoms with van der Waals surface area (Å²) in [7, 11) is 0. The Morgan fingerprint density at radius 3 is 3.00 bits per heavy atom. The van der Waals surface area contributed by atoms with Crippen molar-refractivity contribution in [2.24, 2.45) is 5.92 Å². The lowest BCUT2D eigenvalue weighted by molar-refractivity contribution is -0.110. The fourth-order valence-corrected chi connectivity index (χ4v) is 0.564. The van der Waals surface area contributed by atoms with Gasteiger partial charge in [0.05, 0.1) is 6.61 Å². The van der Waals surface area contributed by atoms with E-state index in [2.05, 4.69) is 0 Å². The Kier molecular flexibility index (Phi) is 1.42. The van der Waals surface area contributed by atoms with E-state index in [9.17, 15) is 4.79 Å². The standard InChI is InChI=1S/C5H7O2/c6-3-5-1-2-7-4-5/h3-5H,1-2H2. The molecule has 1 heterocycles. The summed E-state index contributed by atoms with van der Waals surface area (Å²) in [6, 6.07) is 0. The summed E-state index contributed by atoms with van der Waals surface area (Å²) in [5, 5.41) is 0. The molecule has 0 aromatic heterocycles. The van der Waals surface area contributed by atoms with E-state index in [-0.39, 0.29) is 5.92 Å². The average Bonchev–Trinajstić information content (AvgIpc) is 2.14. The highest BCUT2D eigenvalue weighted by atomic mass is 16.5. The van der Waals surface area contributed by atoms with Gasteiger partial charge < -0.3 is 9.53 Å². The van der Waals surface area contributed by atoms with Crippen molar-refractivity contribution in [2.45, 2.75) is 6.42 Å². The monoisotopic (exact) mass is 99.0 g/mol. The highest BCUT2D eigenvalue weighted by Gasteiger charge is 2.13. The van der Waals surface area contributed by atoms with Crippen molar-refractivity contribution in [3.8, 4) is 0 Å². The van der Waals surface area contributed by atoms with E-state index in [0.29, 0.717) is 6.61 Å². The van der Waals surface area contributed by atoms with Crippen LogP contribution >= 0.6 is 0 Å². The van der Waals surface area contributed by atoms with Crippen molar-refractivity contribution in [1.29, 1.82) is 0 Å². The summed E-state index contributed by atoms with van der Waals surface area (Å²) in [4.78, 5) is 9.90. The van der Waals surface area contributed by atoms with Gasteiger partial charge in [0.1, 0.15) is 6.29 Å². The Morgan fingerprint density at radius 1 is 1.86 bits per heavy atom. The van der Waals surface area contributed by atoms with E-state index in [1.165, 1.54) is 0 Å². The molecule has 1 aliphatic rings. The zero-order valence-electron chi connectivity index (χ0n) is 3.96. The fraction of sp³-hybridized carbons (Fsp3) is 0.600. The van der Waals surface area contributed by atoms with Crippen LogP contribution in [0.2, 0.25) is 0 Å². The van der Waals surface area contributed by atoms with Crippen molar-refractivity contribution in [1.82, 2.24) is 0 Å². The van der Waals surface area contributed by atoms with Gasteiger partial charge in [-0.3, -0.25) is 0 Å². The number of ether oxygens (including phenoxy) is 1. The third-order valence-electron chi connectivity index (χ3n) is 1.01. The predicted octanol–water partition coefficient (Wildman–Crippen LogP) is 0.384. The summed E-state index contributed by atoms with van der Waals surface area (Å²) >= 11 is 0. The second-order valence-corrected chi connectivity index (χ2v) is 1.60. The number of hydrogen-bond donors (Lipinski definition) is 0. The van der Waals surface area contributed by atoms with Crippen LogP contribution in [-0.2, 0) is 9.53 Å². The molecule has 1 rings (SSSR count). The van der Waals surface area contributed by atoms with Crippen molar-refractivity contribution in [2.75, 3.05) is 6.61 Å². The lowest BCUT2D eigenvalue weighted by Gasteiger charge is -1.87. The summed E-state index contributed by atoms with van der Waals surface area (Å²) in [5.41, 5.74) is 0. The molecule has 0 aromatic carbocycles. The largest absolute Gasteiger partial charge is 0.375 e. The minimum absolute atomic E-state index is 0.0694. The van der Waals surface area contributed by atoms with Crippen LogP contribution in [0.15, 0.2) is 0 Å². The minimum Gasteiger partial charge on any atom is -0.375 e. The van der Waals surface area contributed by atoms with Gasteiger partial charge in [-0.1, -0.05) is 0 Å². The Balaban J connectivity index is 2.26. The van der Waals surface area contributed by atoms with Crippen molar-refractivity contribution in [3.63, 3.8) is 0 Å². The van der Waals surface area contributed by atoms with Crippen molar-refractivity contribution < 1.29 is 9.53 Å². The molecule has 39 valence electrons. The zero-order chi connectivity index (χ0) is 5.11. The molecule has 1 saturated heterocycles. The SMILES string of the molecule is O=CC1[CH]OCC1. The normalized spacial score (nSPS) is 30.6. The van der Waals surface area contributed by atoms with Crippen LogP contribution in [0, 0.1) is 12.5 Å². The van der Waals surface area contributed by atoms with Gasteiger partial charge in [0.2, 0.25) is 0 Å². The second-order valence-electron chi connectivity index (χ2n) is 1.60. The first-order valence-electron chi connectivity index (χ1n) is 2.33. The van der Waals surface area contributed by atoms with Crippen LogP contribution < -0.4 is 0 Å². The van der Waals surface area contributed by atoms with E-state index in [0.717, 1.165) is 12.7 Å². The Bertz CT molecular complexity index is 64.5. The van der Waals surface area contributed by atoms with Gasteiger partial charge >= 0.3 is 0 Å². The molecule has 0 bridgehead atoms. The maximum absolute atomic E-state index is 9.90. The number of hydrogen-bond acceptors (Lipinski definition) is 2. The molecule has 2 nitrogen and oxygen atoms in total. The lowest BCUT2D eigenvalue weighted by atomic mass is 10.2. The third-order valence-corrected chi connectivity index (χ3v) is 1.01. The number of carbonyl (C=O) groups is 1. The van der Waals surface area contributed by atoms with Gasteiger partial charge in [-0.25, -0.2) is 0 Å². The maximum Gasteiger partial charge on any atom is 0.125 e. The van der Waals surface area contributed by atoms with Crippen LogP contribution in [0.25, 0.3) is 0 Å². The average molecular weight is 99.1 g/mol. The van der Waals surface area contributed by atoms with Crippen LogP contribution in [0.5, 0.6) is 0 Å².